The van der Waals surface area contributed by atoms with Crippen LogP contribution in [0.2, 0.25) is 0 Å². The van der Waals surface area contributed by atoms with E-state index < -0.39 is 0 Å². The number of hydrogen-bond donors (Lipinski definition) is 2. The van der Waals surface area contributed by atoms with E-state index in [2.05, 4.69) is 4.99 Å². The molecule has 0 aliphatic rings. The zero-order valence-electron chi connectivity index (χ0n) is 15.7. The Labute approximate surface area is 148 Å². The van der Waals surface area contributed by atoms with Crippen molar-refractivity contribution in [1.82, 2.24) is 0 Å². The summed E-state index contributed by atoms with van der Waals surface area (Å²) in [4.78, 5) is 4.32. The molecule has 25 heavy (non-hydrogen) atoms. The van der Waals surface area contributed by atoms with Gasteiger partial charge in [-0.05, 0) is 40.7 Å². The molecule has 0 radical (unpaired) electrons. The van der Waals surface area contributed by atoms with Gasteiger partial charge >= 0.3 is 0 Å². The molecule has 0 aliphatic carbocycles. The Bertz CT molecular complexity index is 795. The average Bonchev–Trinajstić information content (AvgIpc) is 2.47. The normalized spacial score (nSPS) is 12.8. The Kier molecular flexibility index (Phi) is 4.94. The molecule has 0 aliphatic heterocycles. The summed E-state index contributed by atoms with van der Waals surface area (Å²) < 4.78 is 13.0. The number of aliphatic imine (C=N–C) groups is 1. The molecule has 0 saturated heterocycles. The van der Waals surface area contributed by atoms with Crippen molar-refractivity contribution in [3.05, 3.63) is 52.8 Å². The van der Waals surface area contributed by atoms with E-state index >= 15 is 0 Å². The van der Waals surface area contributed by atoms with Crippen LogP contribution in [0.3, 0.4) is 0 Å². The van der Waals surface area contributed by atoms with Crippen molar-refractivity contribution in [3.8, 4) is 11.5 Å². The molecule has 2 aromatic rings. The number of benzene rings is 2. The van der Waals surface area contributed by atoms with Crippen molar-refractivity contribution in [3.63, 3.8) is 0 Å². The second kappa shape index (κ2) is 6.51. The summed E-state index contributed by atoms with van der Waals surface area (Å²) in [5.74, 6) is -0.631. The smallest absolute Gasteiger partial charge is 0.167 e. The van der Waals surface area contributed by atoms with Crippen LogP contribution in [0.15, 0.2) is 35.3 Å². The highest BCUT2D eigenvalue weighted by molar-refractivity contribution is 5.89. The highest BCUT2D eigenvalue weighted by Crippen LogP contribution is 2.43. The molecule has 0 fully saturated rings. The highest BCUT2D eigenvalue weighted by Gasteiger charge is 2.28. The summed E-state index contributed by atoms with van der Waals surface area (Å²) in [6.07, 6.45) is 1.52. The molecule has 2 aromatic carbocycles. The van der Waals surface area contributed by atoms with Crippen LogP contribution < -0.4 is 0 Å². The SMILES string of the molecule is CC(C)(C)c1cc(C(C)(C)C)c(C=Nc2ccc(F)cc2)c(O)c1O. The molecule has 0 atom stereocenters. The zero-order valence-corrected chi connectivity index (χ0v) is 15.7. The minimum absolute atomic E-state index is 0.124. The molecule has 0 aromatic heterocycles. The summed E-state index contributed by atoms with van der Waals surface area (Å²) in [6, 6.07) is 7.71. The molecule has 0 saturated carbocycles. The molecule has 2 N–H and O–H groups in total. The Balaban J connectivity index is 2.64. The first-order valence-electron chi connectivity index (χ1n) is 8.31. The Morgan fingerprint density at radius 2 is 1.36 bits per heavy atom. The van der Waals surface area contributed by atoms with Crippen molar-refractivity contribution in [2.75, 3.05) is 0 Å². The van der Waals surface area contributed by atoms with E-state index in [0.29, 0.717) is 16.8 Å². The van der Waals surface area contributed by atoms with Crippen LogP contribution >= 0.6 is 0 Å². The highest BCUT2D eigenvalue weighted by atomic mass is 19.1. The standard InChI is InChI=1S/C21H26FNO2/c1-20(2,3)16-11-17(21(4,5)6)19(25)18(24)15(16)12-23-14-9-7-13(22)8-10-14/h7-12,24-25H,1-6H3. The Morgan fingerprint density at radius 3 is 1.84 bits per heavy atom. The van der Waals surface area contributed by atoms with Gasteiger partial charge < -0.3 is 10.2 Å². The van der Waals surface area contributed by atoms with E-state index in [0.717, 1.165) is 5.56 Å². The van der Waals surface area contributed by atoms with Gasteiger partial charge in [0.1, 0.15) is 5.82 Å². The predicted molar refractivity (Wildman–Crippen MR) is 101 cm³/mol. The lowest BCUT2D eigenvalue weighted by Gasteiger charge is -2.28. The van der Waals surface area contributed by atoms with E-state index in [1.165, 1.54) is 18.3 Å². The monoisotopic (exact) mass is 343 g/mol. The third-order valence-corrected chi connectivity index (χ3v) is 4.10. The van der Waals surface area contributed by atoms with Gasteiger partial charge in [0.15, 0.2) is 11.5 Å². The van der Waals surface area contributed by atoms with Gasteiger partial charge in [-0.15, -0.1) is 0 Å². The summed E-state index contributed by atoms with van der Waals surface area (Å²) in [5, 5.41) is 21.1. The Morgan fingerprint density at radius 1 is 0.840 bits per heavy atom. The molecule has 134 valence electrons. The first-order valence-corrected chi connectivity index (χ1v) is 8.31. The third-order valence-electron chi connectivity index (χ3n) is 4.10. The number of hydrogen-bond acceptors (Lipinski definition) is 3. The molecule has 0 unspecified atom stereocenters. The van der Waals surface area contributed by atoms with Gasteiger partial charge in [0.25, 0.3) is 0 Å². The number of aromatic hydroxyl groups is 2. The van der Waals surface area contributed by atoms with Crippen LogP contribution in [0.4, 0.5) is 10.1 Å². The fourth-order valence-corrected chi connectivity index (χ4v) is 2.66. The molecular weight excluding hydrogens is 317 g/mol. The fraction of sp³-hybridized carbons (Fsp3) is 0.381. The minimum atomic E-state index is -0.329. The Hall–Kier alpha value is -2.36. The molecule has 0 amide bonds. The van der Waals surface area contributed by atoms with Gasteiger partial charge in [0.05, 0.1) is 5.69 Å². The van der Waals surface area contributed by atoms with E-state index in [4.69, 9.17) is 0 Å². The molecule has 0 bridgehead atoms. The van der Waals surface area contributed by atoms with Gasteiger partial charge in [-0.2, -0.15) is 0 Å². The van der Waals surface area contributed by atoms with E-state index in [-0.39, 0.29) is 28.1 Å². The maximum Gasteiger partial charge on any atom is 0.167 e. The number of nitrogens with zero attached hydrogens (tertiary/aromatic N) is 1. The second-order valence-corrected chi connectivity index (χ2v) is 8.32. The quantitative estimate of drug-likeness (QED) is 0.552. The van der Waals surface area contributed by atoms with Crippen molar-refractivity contribution in [2.24, 2.45) is 4.99 Å². The van der Waals surface area contributed by atoms with E-state index in [9.17, 15) is 14.6 Å². The lowest BCUT2D eigenvalue weighted by molar-refractivity contribution is 0.386. The predicted octanol–water partition coefficient (Wildman–Crippen LogP) is 5.58. The van der Waals surface area contributed by atoms with E-state index in [1.807, 2.05) is 47.6 Å². The summed E-state index contributed by atoms with van der Waals surface area (Å²) in [5.41, 5.74) is 2.05. The number of phenolic OH excluding ortho intramolecular Hbond substituents is 2. The topological polar surface area (TPSA) is 52.8 Å². The van der Waals surface area contributed by atoms with Crippen LogP contribution in [0.25, 0.3) is 0 Å². The van der Waals surface area contributed by atoms with Crippen LogP contribution in [0, 0.1) is 5.82 Å². The molecular formula is C21H26FNO2. The van der Waals surface area contributed by atoms with Gasteiger partial charge in [-0.3, -0.25) is 4.99 Å². The molecule has 0 spiro atoms. The summed E-state index contributed by atoms with van der Waals surface area (Å²) in [6.45, 7) is 12.1. The largest absolute Gasteiger partial charge is 0.504 e. The van der Waals surface area contributed by atoms with E-state index in [1.54, 1.807) is 12.1 Å². The fourth-order valence-electron chi connectivity index (χ4n) is 2.66. The van der Waals surface area contributed by atoms with Crippen LogP contribution in [0.1, 0.15) is 58.2 Å². The molecule has 4 heteroatoms. The second-order valence-electron chi connectivity index (χ2n) is 8.32. The molecule has 3 nitrogen and oxygen atoms in total. The van der Waals surface area contributed by atoms with Gasteiger partial charge in [0.2, 0.25) is 0 Å². The number of phenols is 2. The average molecular weight is 343 g/mol. The lowest BCUT2D eigenvalue weighted by Crippen LogP contribution is -2.19. The van der Waals surface area contributed by atoms with Gasteiger partial charge in [-0.25, -0.2) is 4.39 Å². The summed E-state index contributed by atoms with van der Waals surface area (Å²) in [7, 11) is 0. The van der Waals surface area contributed by atoms with Gasteiger partial charge in [0, 0.05) is 17.3 Å². The van der Waals surface area contributed by atoms with Crippen molar-refractivity contribution in [2.45, 2.75) is 52.4 Å². The van der Waals surface area contributed by atoms with Crippen molar-refractivity contribution in [1.29, 1.82) is 0 Å². The summed E-state index contributed by atoms with van der Waals surface area (Å²) >= 11 is 0. The lowest BCUT2D eigenvalue weighted by atomic mass is 9.77. The first kappa shape index (κ1) is 19.0. The zero-order chi connectivity index (χ0) is 19.0. The van der Waals surface area contributed by atoms with Crippen molar-refractivity contribution < 1.29 is 14.6 Å². The molecule has 2 rings (SSSR count). The van der Waals surface area contributed by atoms with Crippen LogP contribution in [-0.4, -0.2) is 16.4 Å². The number of halogens is 1. The number of rotatable bonds is 2. The third kappa shape index (κ3) is 4.19. The van der Waals surface area contributed by atoms with Crippen LogP contribution in [0.5, 0.6) is 11.5 Å². The van der Waals surface area contributed by atoms with Gasteiger partial charge in [-0.1, -0.05) is 47.6 Å². The maximum atomic E-state index is 13.0. The minimum Gasteiger partial charge on any atom is -0.504 e. The molecule has 0 heterocycles. The van der Waals surface area contributed by atoms with Crippen LogP contribution in [-0.2, 0) is 10.8 Å². The first-order chi connectivity index (χ1) is 11.4. The van der Waals surface area contributed by atoms with Crippen molar-refractivity contribution >= 4 is 11.9 Å². The maximum absolute atomic E-state index is 13.0.